The molecule has 0 amide bonds. The van der Waals surface area contributed by atoms with Crippen LogP contribution in [0.2, 0.25) is 0 Å². The van der Waals surface area contributed by atoms with Crippen LogP contribution in [0.15, 0.2) is 22.6 Å². The van der Waals surface area contributed by atoms with Gasteiger partial charge in [-0.15, -0.1) is 0 Å². The minimum absolute atomic E-state index is 0.0613. The summed E-state index contributed by atoms with van der Waals surface area (Å²) in [6, 6.07) is 5.08. The smallest absolute Gasteiger partial charge is 0.391 e. The minimum Gasteiger partial charge on any atom is -0.440 e. The Morgan fingerprint density at radius 3 is 2.80 bits per heavy atom. The van der Waals surface area contributed by atoms with Crippen molar-refractivity contribution in [3.63, 3.8) is 0 Å². The zero-order valence-corrected chi connectivity index (χ0v) is 10.8. The lowest BCUT2D eigenvalue weighted by Gasteiger charge is -2.28. The molecule has 2 atom stereocenters. The molecule has 2 unspecified atom stereocenters. The van der Waals surface area contributed by atoms with Crippen molar-refractivity contribution in [2.45, 2.75) is 37.8 Å². The summed E-state index contributed by atoms with van der Waals surface area (Å²) in [6.45, 7) is 0. The van der Waals surface area contributed by atoms with E-state index in [2.05, 4.69) is 4.98 Å². The number of fused-ring (bicyclic) bond motifs is 1. The molecule has 0 saturated heterocycles. The Morgan fingerprint density at radius 2 is 2.05 bits per heavy atom. The van der Waals surface area contributed by atoms with Gasteiger partial charge in [-0.3, -0.25) is 0 Å². The molecule has 3 rings (SSSR count). The molecule has 0 radical (unpaired) electrons. The molecule has 2 N–H and O–H groups in total. The third-order valence-corrected chi connectivity index (χ3v) is 3.92. The highest BCUT2D eigenvalue weighted by Gasteiger charge is 2.43. The molecule has 0 spiro atoms. The van der Waals surface area contributed by atoms with Gasteiger partial charge in [-0.25, -0.2) is 4.98 Å². The number of rotatable bonds is 1. The van der Waals surface area contributed by atoms with Crippen LogP contribution in [0.25, 0.3) is 11.1 Å². The maximum atomic E-state index is 12.8. The van der Waals surface area contributed by atoms with Gasteiger partial charge in [0.25, 0.3) is 0 Å². The molecule has 20 heavy (non-hydrogen) atoms. The van der Waals surface area contributed by atoms with Crippen LogP contribution >= 0.6 is 0 Å². The molecule has 0 aliphatic heterocycles. The molecule has 108 valence electrons. The maximum Gasteiger partial charge on any atom is 0.391 e. The molecule has 1 heterocycles. The number of halogens is 3. The predicted molar refractivity (Wildman–Crippen MR) is 69.2 cm³/mol. The van der Waals surface area contributed by atoms with Gasteiger partial charge in [-0.1, -0.05) is 6.42 Å². The highest BCUT2D eigenvalue weighted by Crippen LogP contribution is 2.43. The van der Waals surface area contributed by atoms with Crippen molar-refractivity contribution in [1.82, 2.24) is 4.98 Å². The molecule has 0 bridgehead atoms. The number of nitrogen functional groups attached to an aromatic ring is 1. The lowest BCUT2D eigenvalue weighted by molar-refractivity contribution is -0.183. The Labute approximate surface area is 114 Å². The topological polar surface area (TPSA) is 52.0 Å². The van der Waals surface area contributed by atoms with Crippen LogP contribution in [-0.2, 0) is 0 Å². The van der Waals surface area contributed by atoms with Crippen LogP contribution in [-0.4, -0.2) is 11.2 Å². The van der Waals surface area contributed by atoms with E-state index in [4.69, 9.17) is 10.2 Å². The van der Waals surface area contributed by atoms with Crippen LogP contribution in [0.4, 0.5) is 18.9 Å². The first-order valence-corrected chi connectivity index (χ1v) is 6.66. The summed E-state index contributed by atoms with van der Waals surface area (Å²) in [5.41, 5.74) is 7.39. The second-order valence-electron chi connectivity index (χ2n) is 5.38. The minimum atomic E-state index is -4.13. The van der Waals surface area contributed by atoms with Gasteiger partial charge in [0, 0.05) is 17.7 Å². The highest BCUT2D eigenvalue weighted by atomic mass is 19.4. The molecule has 1 fully saturated rings. The van der Waals surface area contributed by atoms with Crippen molar-refractivity contribution in [3.05, 3.63) is 24.1 Å². The maximum absolute atomic E-state index is 12.8. The molecule has 2 aromatic rings. The van der Waals surface area contributed by atoms with E-state index in [1.807, 2.05) is 0 Å². The average molecular weight is 284 g/mol. The third kappa shape index (κ3) is 2.46. The van der Waals surface area contributed by atoms with E-state index in [0.29, 0.717) is 35.5 Å². The summed E-state index contributed by atoms with van der Waals surface area (Å²) in [5, 5.41) is 0. The van der Waals surface area contributed by atoms with Crippen LogP contribution in [0, 0.1) is 5.92 Å². The summed E-state index contributed by atoms with van der Waals surface area (Å²) in [6.07, 6.45) is -2.63. The zero-order valence-electron chi connectivity index (χ0n) is 10.8. The van der Waals surface area contributed by atoms with Crippen LogP contribution in [0.1, 0.15) is 37.5 Å². The van der Waals surface area contributed by atoms with Gasteiger partial charge in [0.1, 0.15) is 5.52 Å². The van der Waals surface area contributed by atoms with Gasteiger partial charge in [-0.2, -0.15) is 13.2 Å². The van der Waals surface area contributed by atoms with E-state index in [0.717, 1.165) is 0 Å². The van der Waals surface area contributed by atoms with Crippen molar-refractivity contribution in [2.24, 2.45) is 5.92 Å². The fraction of sp³-hybridized carbons (Fsp3) is 0.500. The summed E-state index contributed by atoms with van der Waals surface area (Å²) in [7, 11) is 0. The highest BCUT2D eigenvalue weighted by molar-refractivity contribution is 5.76. The zero-order chi connectivity index (χ0) is 14.3. The number of oxazole rings is 1. The van der Waals surface area contributed by atoms with Gasteiger partial charge >= 0.3 is 6.18 Å². The molecule has 6 heteroatoms. The largest absolute Gasteiger partial charge is 0.440 e. The quantitative estimate of drug-likeness (QED) is 0.797. The normalized spacial score (nSPS) is 24.1. The molecule has 1 aliphatic carbocycles. The lowest BCUT2D eigenvalue weighted by Crippen LogP contribution is -2.28. The van der Waals surface area contributed by atoms with E-state index < -0.39 is 12.1 Å². The number of nitrogens with two attached hydrogens (primary N) is 1. The Hall–Kier alpha value is -1.72. The Kier molecular flexibility index (Phi) is 3.11. The third-order valence-electron chi connectivity index (χ3n) is 3.92. The van der Waals surface area contributed by atoms with E-state index >= 15 is 0 Å². The molecule has 1 aromatic heterocycles. The van der Waals surface area contributed by atoms with Crippen molar-refractivity contribution in [3.8, 4) is 0 Å². The second-order valence-corrected chi connectivity index (χ2v) is 5.38. The molecular weight excluding hydrogens is 269 g/mol. The molecule has 3 nitrogen and oxygen atoms in total. The Morgan fingerprint density at radius 1 is 1.25 bits per heavy atom. The van der Waals surface area contributed by atoms with E-state index in [1.165, 1.54) is 0 Å². The first kappa shape index (κ1) is 13.3. The van der Waals surface area contributed by atoms with Gasteiger partial charge in [0.2, 0.25) is 0 Å². The first-order valence-electron chi connectivity index (χ1n) is 6.66. The number of anilines is 1. The lowest BCUT2D eigenvalue weighted by atomic mass is 9.81. The number of hydrogen-bond acceptors (Lipinski definition) is 3. The number of nitrogens with zero attached hydrogens (tertiary/aromatic N) is 1. The van der Waals surface area contributed by atoms with Crippen LogP contribution in [0.5, 0.6) is 0 Å². The summed E-state index contributed by atoms with van der Waals surface area (Å²) in [5.74, 6) is -1.11. The number of hydrogen-bond donors (Lipinski definition) is 1. The van der Waals surface area contributed by atoms with Gasteiger partial charge in [0.05, 0.1) is 5.92 Å². The van der Waals surface area contributed by atoms with E-state index in [1.54, 1.807) is 18.2 Å². The molecule has 1 aliphatic rings. The van der Waals surface area contributed by atoms with Crippen molar-refractivity contribution in [1.29, 1.82) is 0 Å². The standard InChI is InChI=1S/C14H15F3N2O/c15-14(16,17)9-3-1-2-8(6-9)13-19-11-5-4-10(18)7-12(11)20-13/h4-5,7-9H,1-3,6,18H2. The predicted octanol–water partition coefficient (Wildman–Crippen LogP) is 4.25. The molecular formula is C14H15F3N2O. The number of benzene rings is 1. The van der Waals surface area contributed by atoms with Crippen molar-refractivity contribution < 1.29 is 17.6 Å². The second kappa shape index (κ2) is 4.68. The first-order chi connectivity index (χ1) is 9.43. The van der Waals surface area contributed by atoms with Gasteiger partial charge in [0.15, 0.2) is 11.5 Å². The van der Waals surface area contributed by atoms with Gasteiger partial charge in [-0.05, 0) is 31.4 Å². The van der Waals surface area contributed by atoms with Crippen LogP contribution < -0.4 is 5.73 Å². The monoisotopic (exact) mass is 284 g/mol. The van der Waals surface area contributed by atoms with E-state index in [9.17, 15) is 13.2 Å². The molecule has 1 aromatic carbocycles. The summed E-state index contributed by atoms with van der Waals surface area (Å²) >= 11 is 0. The Balaban J connectivity index is 1.87. The van der Waals surface area contributed by atoms with E-state index in [-0.39, 0.29) is 18.8 Å². The van der Waals surface area contributed by atoms with Crippen LogP contribution in [0.3, 0.4) is 0 Å². The van der Waals surface area contributed by atoms with Crippen molar-refractivity contribution >= 4 is 16.8 Å². The summed E-state index contributed by atoms with van der Waals surface area (Å²) < 4.78 is 44.1. The summed E-state index contributed by atoms with van der Waals surface area (Å²) in [4.78, 5) is 4.30. The van der Waals surface area contributed by atoms with Gasteiger partial charge < -0.3 is 10.2 Å². The fourth-order valence-electron chi connectivity index (χ4n) is 2.85. The number of aromatic nitrogens is 1. The Bertz CT molecular complexity index is 620. The average Bonchev–Trinajstić information content (AvgIpc) is 2.81. The SMILES string of the molecule is Nc1ccc2nc(C3CCCC(C(F)(F)F)C3)oc2c1. The van der Waals surface area contributed by atoms with Crippen molar-refractivity contribution in [2.75, 3.05) is 5.73 Å². The molecule has 1 saturated carbocycles. The number of alkyl halides is 3. The fourth-order valence-corrected chi connectivity index (χ4v) is 2.85.